The lowest BCUT2D eigenvalue weighted by Crippen LogP contribution is -2.07. The second kappa shape index (κ2) is 7.01. The SMILES string of the molecule is NCCc1[nH]c(-c2ccnc(-c3cnc4ccccc4c3)c2)cc1C(=O)O. The van der Waals surface area contributed by atoms with E-state index in [1.807, 2.05) is 42.5 Å². The zero-order valence-corrected chi connectivity index (χ0v) is 14.5. The van der Waals surface area contributed by atoms with Crippen LogP contribution in [0.1, 0.15) is 16.1 Å². The molecule has 4 rings (SSSR count). The summed E-state index contributed by atoms with van der Waals surface area (Å²) in [5.41, 5.74) is 10.7. The largest absolute Gasteiger partial charge is 0.478 e. The number of hydrogen-bond acceptors (Lipinski definition) is 4. The van der Waals surface area contributed by atoms with Crippen LogP contribution < -0.4 is 5.73 Å². The first-order valence-electron chi connectivity index (χ1n) is 8.62. The van der Waals surface area contributed by atoms with Gasteiger partial charge in [-0.2, -0.15) is 0 Å². The zero-order chi connectivity index (χ0) is 18.8. The molecular weight excluding hydrogens is 340 g/mol. The topological polar surface area (TPSA) is 105 Å². The summed E-state index contributed by atoms with van der Waals surface area (Å²) in [6.07, 6.45) is 3.99. The highest BCUT2D eigenvalue weighted by Gasteiger charge is 2.15. The van der Waals surface area contributed by atoms with Gasteiger partial charge in [0.05, 0.1) is 16.8 Å². The molecule has 0 atom stereocenters. The number of nitrogens with zero attached hydrogens (tertiary/aromatic N) is 2. The Bertz CT molecular complexity index is 1130. The highest BCUT2D eigenvalue weighted by atomic mass is 16.4. The van der Waals surface area contributed by atoms with Gasteiger partial charge in [-0.05, 0) is 36.9 Å². The van der Waals surface area contributed by atoms with Gasteiger partial charge in [0.15, 0.2) is 0 Å². The van der Waals surface area contributed by atoms with E-state index in [1.165, 1.54) is 0 Å². The minimum absolute atomic E-state index is 0.251. The molecule has 6 heteroatoms. The average molecular weight is 358 g/mol. The van der Waals surface area contributed by atoms with Gasteiger partial charge in [-0.1, -0.05) is 18.2 Å². The van der Waals surface area contributed by atoms with Crippen molar-refractivity contribution in [3.05, 3.63) is 72.2 Å². The Balaban J connectivity index is 1.76. The Morgan fingerprint density at radius 2 is 1.93 bits per heavy atom. The van der Waals surface area contributed by atoms with Gasteiger partial charge in [0.2, 0.25) is 0 Å². The minimum atomic E-state index is -0.964. The summed E-state index contributed by atoms with van der Waals surface area (Å²) in [6, 6.07) is 15.4. The number of benzene rings is 1. The Labute approximate surface area is 155 Å². The van der Waals surface area contributed by atoms with Crippen LogP contribution >= 0.6 is 0 Å². The van der Waals surface area contributed by atoms with E-state index in [4.69, 9.17) is 5.73 Å². The summed E-state index contributed by atoms with van der Waals surface area (Å²) in [5.74, 6) is -0.964. The van der Waals surface area contributed by atoms with Crippen LogP contribution in [-0.2, 0) is 6.42 Å². The Kier molecular flexibility index (Phi) is 4.40. The number of nitrogens with one attached hydrogen (secondary N) is 1. The summed E-state index contributed by atoms with van der Waals surface area (Å²) in [7, 11) is 0. The van der Waals surface area contributed by atoms with Crippen LogP contribution in [0.15, 0.2) is 60.9 Å². The third kappa shape index (κ3) is 3.30. The number of carbonyl (C=O) groups is 1. The predicted octanol–water partition coefficient (Wildman–Crippen LogP) is 3.49. The fourth-order valence-electron chi connectivity index (χ4n) is 3.15. The van der Waals surface area contributed by atoms with E-state index in [1.54, 1.807) is 18.5 Å². The van der Waals surface area contributed by atoms with Crippen molar-refractivity contribution < 1.29 is 9.90 Å². The number of aromatic amines is 1. The minimum Gasteiger partial charge on any atom is -0.478 e. The molecule has 4 N–H and O–H groups in total. The molecule has 0 amide bonds. The van der Waals surface area contributed by atoms with Crippen LogP contribution in [0.3, 0.4) is 0 Å². The first kappa shape index (κ1) is 16.9. The molecule has 0 aliphatic heterocycles. The number of H-pyrrole nitrogens is 1. The number of aromatic nitrogens is 3. The molecule has 0 aliphatic rings. The van der Waals surface area contributed by atoms with E-state index < -0.39 is 5.97 Å². The molecule has 4 aromatic rings. The standard InChI is InChI=1S/C21H18N4O2/c22-7-5-18-16(21(26)27)11-20(25-18)14-6-8-23-19(10-14)15-9-13-3-1-2-4-17(13)24-12-15/h1-4,6,8-12,25H,5,7,22H2,(H,26,27). The van der Waals surface area contributed by atoms with Crippen LogP contribution in [0.25, 0.3) is 33.4 Å². The van der Waals surface area contributed by atoms with E-state index in [9.17, 15) is 9.90 Å². The van der Waals surface area contributed by atoms with Gasteiger partial charge < -0.3 is 15.8 Å². The molecule has 0 radical (unpaired) electrons. The molecule has 3 aromatic heterocycles. The van der Waals surface area contributed by atoms with Crippen LogP contribution in [0.4, 0.5) is 0 Å². The molecule has 0 saturated carbocycles. The van der Waals surface area contributed by atoms with Crippen LogP contribution in [0, 0.1) is 0 Å². The van der Waals surface area contributed by atoms with Gasteiger partial charge in [-0.3, -0.25) is 9.97 Å². The summed E-state index contributed by atoms with van der Waals surface area (Å²) >= 11 is 0. The lowest BCUT2D eigenvalue weighted by Gasteiger charge is -2.05. The first-order chi connectivity index (χ1) is 13.2. The van der Waals surface area contributed by atoms with Crippen LogP contribution in [0.2, 0.25) is 0 Å². The number of carboxylic acid groups (broad SMARTS) is 1. The fraction of sp³-hybridized carbons (Fsp3) is 0.0952. The molecular formula is C21H18N4O2. The normalized spacial score (nSPS) is 11.0. The zero-order valence-electron chi connectivity index (χ0n) is 14.5. The number of para-hydroxylation sites is 1. The smallest absolute Gasteiger partial charge is 0.337 e. The lowest BCUT2D eigenvalue weighted by atomic mass is 10.1. The molecule has 6 nitrogen and oxygen atoms in total. The molecule has 0 aliphatic carbocycles. The van der Waals surface area contributed by atoms with Crippen LogP contribution in [-0.4, -0.2) is 32.6 Å². The van der Waals surface area contributed by atoms with Crippen molar-refractivity contribution in [3.63, 3.8) is 0 Å². The predicted molar refractivity (Wildman–Crippen MR) is 104 cm³/mol. The number of hydrogen-bond donors (Lipinski definition) is 3. The molecule has 27 heavy (non-hydrogen) atoms. The molecule has 134 valence electrons. The molecule has 0 fully saturated rings. The van der Waals surface area contributed by atoms with Gasteiger partial charge in [-0.25, -0.2) is 4.79 Å². The summed E-state index contributed by atoms with van der Waals surface area (Å²) in [4.78, 5) is 23.6. The second-order valence-corrected chi connectivity index (χ2v) is 6.27. The van der Waals surface area contributed by atoms with Crippen molar-refractivity contribution in [2.75, 3.05) is 6.54 Å². The van der Waals surface area contributed by atoms with Gasteiger partial charge in [0.1, 0.15) is 0 Å². The summed E-state index contributed by atoms with van der Waals surface area (Å²) in [5, 5.41) is 10.4. The number of pyridine rings is 2. The van der Waals surface area contributed by atoms with Gasteiger partial charge in [-0.15, -0.1) is 0 Å². The molecule has 0 saturated heterocycles. The summed E-state index contributed by atoms with van der Waals surface area (Å²) in [6.45, 7) is 0.380. The van der Waals surface area contributed by atoms with E-state index in [2.05, 4.69) is 15.0 Å². The maximum absolute atomic E-state index is 11.5. The maximum atomic E-state index is 11.5. The maximum Gasteiger partial charge on any atom is 0.337 e. The number of nitrogens with two attached hydrogens (primary N) is 1. The van der Waals surface area contributed by atoms with Crippen molar-refractivity contribution in [3.8, 4) is 22.5 Å². The van der Waals surface area contributed by atoms with E-state index >= 15 is 0 Å². The van der Waals surface area contributed by atoms with Gasteiger partial charge >= 0.3 is 5.97 Å². The van der Waals surface area contributed by atoms with E-state index in [-0.39, 0.29) is 5.56 Å². The van der Waals surface area contributed by atoms with Crippen molar-refractivity contribution in [2.45, 2.75) is 6.42 Å². The fourth-order valence-corrected chi connectivity index (χ4v) is 3.15. The monoisotopic (exact) mass is 358 g/mol. The first-order valence-corrected chi connectivity index (χ1v) is 8.62. The molecule has 3 heterocycles. The molecule has 0 bridgehead atoms. The third-order valence-electron chi connectivity index (χ3n) is 4.48. The van der Waals surface area contributed by atoms with Crippen molar-refractivity contribution in [2.24, 2.45) is 5.73 Å². The number of rotatable bonds is 5. The molecule has 0 unspecified atom stereocenters. The Morgan fingerprint density at radius 1 is 1.07 bits per heavy atom. The lowest BCUT2D eigenvalue weighted by molar-refractivity contribution is 0.0696. The molecule has 1 aromatic carbocycles. The number of fused-ring (bicyclic) bond motifs is 1. The van der Waals surface area contributed by atoms with Gasteiger partial charge in [0, 0.05) is 46.7 Å². The van der Waals surface area contributed by atoms with Crippen molar-refractivity contribution in [1.29, 1.82) is 0 Å². The molecule has 0 spiro atoms. The highest BCUT2D eigenvalue weighted by Crippen LogP contribution is 2.27. The summed E-state index contributed by atoms with van der Waals surface area (Å²) < 4.78 is 0. The number of aromatic carboxylic acids is 1. The highest BCUT2D eigenvalue weighted by molar-refractivity contribution is 5.91. The van der Waals surface area contributed by atoms with Crippen molar-refractivity contribution in [1.82, 2.24) is 15.0 Å². The van der Waals surface area contributed by atoms with Crippen LogP contribution in [0.5, 0.6) is 0 Å². The quantitative estimate of drug-likeness (QED) is 0.506. The Hall–Kier alpha value is -3.51. The van der Waals surface area contributed by atoms with Crippen molar-refractivity contribution >= 4 is 16.9 Å². The van der Waals surface area contributed by atoms with E-state index in [0.717, 1.165) is 33.4 Å². The average Bonchev–Trinajstić information content (AvgIpc) is 3.12. The van der Waals surface area contributed by atoms with E-state index in [0.29, 0.717) is 18.7 Å². The van der Waals surface area contributed by atoms with Gasteiger partial charge in [0.25, 0.3) is 0 Å². The second-order valence-electron chi connectivity index (χ2n) is 6.27. The Morgan fingerprint density at radius 3 is 2.74 bits per heavy atom. The third-order valence-corrected chi connectivity index (χ3v) is 4.48. The number of carboxylic acids is 1.